The normalized spacial score (nSPS) is 21.0. The zero-order chi connectivity index (χ0) is 17.0. The molecule has 0 aliphatic carbocycles. The Balaban J connectivity index is 1.94. The van der Waals surface area contributed by atoms with Gasteiger partial charge in [0.05, 0.1) is 10.9 Å². The van der Waals surface area contributed by atoms with Gasteiger partial charge in [-0.25, -0.2) is 13.1 Å². The summed E-state index contributed by atoms with van der Waals surface area (Å²) in [5.74, 6) is -0.156. The lowest BCUT2D eigenvalue weighted by atomic mass is 9.97. The van der Waals surface area contributed by atoms with Crippen LogP contribution in [0.4, 0.5) is 0 Å². The van der Waals surface area contributed by atoms with E-state index in [2.05, 4.69) is 4.72 Å². The van der Waals surface area contributed by atoms with Crippen molar-refractivity contribution in [2.75, 3.05) is 19.6 Å². The van der Waals surface area contributed by atoms with Gasteiger partial charge < -0.3 is 5.73 Å². The van der Waals surface area contributed by atoms with E-state index in [1.54, 1.807) is 31.2 Å². The van der Waals surface area contributed by atoms with Gasteiger partial charge in [0.2, 0.25) is 15.9 Å². The fourth-order valence-corrected chi connectivity index (χ4v) is 3.94. The number of aryl methyl sites for hydroxylation is 1. The zero-order valence-electron chi connectivity index (χ0n) is 13.7. The number of carbonyl (C=O) groups excluding carboxylic acids is 1. The number of amides is 1. The van der Waals surface area contributed by atoms with Crippen molar-refractivity contribution in [1.29, 1.82) is 0 Å². The number of benzene rings is 1. The summed E-state index contributed by atoms with van der Waals surface area (Å²) < 4.78 is 27.3. The molecule has 0 aromatic heterocycles. The predicted octanol–water partition coefficient (Wildman–Crippen LogP) is 0.859. The summed E-state index contributed by atoms with van der Waals surface area (Å²) in [4.78, 5) is 13.6. The van der Waals surface area contributed by atoms with E-state index >= 15 is 0 Å². The Morgan fingerprint density at radius 3 is 2.65 bits per heavy atom. The quantitative estimate of drug-likeness (QED) is 0.804. The van der Waals surface area contributed by atoms with E-state index in [9.17, 15) is 13.2 Å². The molecule has 128 valence electrons. The largest absolute Gasteiger partial charge is 0.368 e. The Labute approximate surface area is 138 Å². The molecule has 1 fully saturated rings. The van der Waals surface area contributed by atoms with Crippen molar-refractivity contribution in [2.45, 2.75) is 37.6 Å². The minimum atomic E-state index is -3.49. The number of nitrogens with one attached hydrogen (secondary N) is 1. The van der Waals surface area contributed by atoms with Gasteiger partial charge in [0.15, 0.2) is 0 Å². The second-order valence-electron chi connectivity index (χ2n) is 6.25. The van der Waals surface area contributed by atoms with Gasteiger partial charge in [-0.15, -0.1) is 0 Å². The van der Waals surface area contributed by atoms with E-state index in [0.29, 0.717) is 13.1 Å². The molecule has 0 spiro atoms. The Hall–Kier alpha value is -1.44. The van der Waals surface area contributed by atoms with Crippen LogP contribution in [-0.2, 0) is 14.8 Å². The first-order chi connectivity index (χ1) is 10.8. The van der Waals surface area contributed by atoms with Crippen LogP contribution >= 0.6 is 0 Å². The molecule has 1 aliphatic rings. The number of likely N-dealkylation sites (tertiary alicyclic amines) is 1. The van der Waals surface area contributed by atoms with E-state index in [1.165, 1.54) is 0 Å². The third-order valence-corrected chi connectivity index (χ3v) is 5.84. The number of rotatable bonds is 6. The number of primary amides is 1. The van der Waals surface area contributed by atoms with Gasteiger partial charge in [-0.05, 0) is 51.3 Å². The standard InChI is InChI=1S/C16H25N3O3S/c1-12-5-7-15(8-6-12)23(21,22)18-10-14-4-3-9-19(11-14)13(2)16(17)20/h5-8,13-14,18H,3-4,9-11H2,1-2H3,(H2,17,20)/t13-,14-/m0/s1. The molecular weight excluding hydrogens is 314 g/mol. The van der Waals surface area contributed by atoms with Gasteiger partial charge in [-0.1, -0.05) is 17.7 Å². The summed E-state index contributed by atoms with van der Waals surface area (Å²) in [5, 5.41) is 0. The highest BCUT2D eigenvalue weighted by Gasteiger charge is 2.27. The van der Waals surface area contributed by atoms with E-state index in [1.807, 2.05) is 11.8 Å². The minimum Gasteiger partial charge on any atom is -0.368 e. The van der Waals surface area contributed by atoms with Crippen LogP contribution in [0.25, 0.3) is 0 Å². The third kappa shape index (κ3) is 4.76. The molecule has 1 aromatic rings. The van der Waals surface area contributed by atoms with Gasteiger partial charge in [0.1, 0.15) is 0 Å². The number of hydrogen-bond acceptors (Lipinski definition) is 4. The van der Waals surface area contributed by atoms with Crippen LogP contribution in [0, 0.1) is 12.8 Å². The topological polar surface area (TPSA) is 92.5 Å². The highest BCUT2D eigenvalue weighted by atomic mass is 32.2. The molecule has 3 N–H and O–H groups in total. The Bertz CT molecular complexity index is 643. The molecule has 1 amide bonds. The molecule has 1 heterocycles. The molecule has 0 bridgehead atoms. The molecule has 7 heteroatoms. The second-order valence-corrected chi connectivity index (χ2v) is 8.01. The number of nitrogens with zero attached hydrogens (tertiary/aromatic N) is 1. The van der Waals surface area contributed by atoms with Gasteiger partial charge >= 0.3 is 0 Å². The lowest BCUT2D eigenvalue weighted by Crippen LogP contribution is -2.49. The molecule has 1 saturated heterocycles. The fourth-order valence-electron chi connectivity index (χ4n) is 2.82. The van der Waals surface area contributed by atoms with Crippen molar-refractivity contribution < 1.29 is 13.2 Å². The van der Waals surface area contributed by atoms with E-state index < -0.39 is 10.0 Å². The zero-order valence-corrected chi connectivity index (χ0v) is 14.5. The second kappa shape index (κ2) is 7.42. The Morgan fingerprint density at radius 2 is 2.04 bits per heavy atom. The average Bonchev–Trinajstić information content (AvgIpc) is 2.53. The Kier molecular flexibility index (Phi) is 5.78. The van der Waals surface area contributed by atoms with Crippen molar-refractivity contribution in [2.24, 2.45) is 11.7 Å². The molecule has 1 aromatic carbocycles. The summed E-state index contributed by atoms with van der Waals surface area (Å²) in [6.45, 7) is 5.59. The summed E-state index contributed by atoms with van der Waals surface area (Å²) in [7, 11) is -3.49. The van der Waals surface area contributed by atoms with Crippen LogP contribution < -0.4 is 10.5 Å². The van der Waals surface area contributed by atoms with Crippen molar-refractivity contribution >= 4 is 15.9 Å². The molecule has 2 atom stereocenters. The van der Waals surface area contributed by atoms with Crippen molar-refractivity contribution in [3.63, 3.8) is 0 Å². The summed E-state index contributed by atoms with van der Waals surface area (Å²) in [6.07, 6.45) is 1.88. The molecule has 2 rings (SSSR count). The number of hydrogen-bond donors (Lipinski definition) is 2. The Morgan fingerprint density at radius 1 is 1.39 bits per heavy atom. The van der Waals surface area contributed by atoms with Crippen LogP contribution in [0.2, 0.25) is 0 Å². The predicted molar refractivity (Wildman–Crippen MR) is 89.3 cm³/mol. The number of piperidine rings is 1. The molecular formula is C16H25N3O3S. The fraction of sp³-hybridized carbons (Fsp3) is 0.562. The first-order valence-corrected chi connectivity index (χ1v) is 9.37. The van der Waals surface area contributed by atoms with Crippen molar-refractivity contribution in [3.8, 4) is 0 Å². The van der Waals surface area contributed by atoms with Crippen LogP contribution in [0.15, 0.2) is 29.2 Å². The maximum Gasteiger partial charge on any atom is 0.240 e. The smallest absolute Gasteiger partial charge is 0.240 e. The van der Waals surface area contributed by atoms with Gasteiger partial charge in [0.25, 0.3) is 0 Å². The first kappa shape index (κ1) is 17.9. The highest BCUT2D eigenvalue weighted by molar-refractivity contribution is 7.89. The average molecular weight is 339 g/mol. The molecule has 0 saturated carbocycles. The number of sulfonamides is 1. The maximum atomic E-state index is 12.3. The van der Waals surface area contributed by atoms with E-state index in [0.717, 1.165) is 24.9 Å². The van der Waals surface area contributed by atoms with Gasteiger partial charge in [0, 0.05) is 13.1 Å². The van der Waals surface area contributed by atoms with Crippen LogP contribution in [0.5, 0.6) is 0 Å². The van der Waals surface area contributed by atoms with Crippen LogP contribution in [0.3, 0.4) is 0 Å². The summed E-state index contributed by atoms with van der Waals surface area (Å²) >= 11 is 0. The molecule has 1 aliphatic heterocycles. The minimum absolute atomic E-state index is 0.186. The molecule has 23 heavy (non-hydrogen) atoms. The van der Waals surface area contributed by atoms with Crippen LogP contribution in [-0.4, -0.2) is 44.9 Å². The summed E-state index contributed by atoms with van der Waals surface area (Å²) in [6, 6.07) is 6.48. The molecule has 0 unspecified atom stereocenters. The highest BCUT2D eigenvalue weighted by Crippen LogP contribution is 2.19. The lowest BCUT2D eigenvalue weighted by molar-refractivity contribution is -0.123. The SMILES string of the molecule is Cc1ccc(S(=O)(=O)NC[C@@H]2CCCN([C@@H](C)C(N)=O)C2)cc1. The van der Waals surface area contributed by atoms with Crippen molar-refractivity contribution in [1.82, 2.24) is 9.62 Å². The van der Waals surface area contributed by atoms with E-state index in [-0.39, 0.29) is 22.8 Å². The monoisotopic (exact) mass is 339 g/mol. The lowest BCUT2D eigenvalue weighted by Gasteiger charge is -2.35. The molecule has 6 nitrogen and oxygen atoms in total. The van der Waals surface area contributed by atoms with E-state index in [4.69, 9.17) is 5.73 Å². The summed E-state index contributed by atoms with van der Waals surface area (Å²) in [5.41, 5.74) is 6.37. The van der Waals surface area contributed by atoms with Crippen LogP contribution in [0.1, 0.15) is 25.3 Å². The van der Waals surface area contributed by atoms with Gasteiger partial charge in [-0.2, -0.15) is 0 Å². The number of carbonyl (C=O) groups is 1. The number of nitrogens with two attached hydrogens (primary N) is 1. The van der Waals surface area contributed by atoms with Crippen molar-refractivity contribution in [3.05, 3.63) is 29.8 Å². The first-order valence-electron chi connectivity index (χ1n) is 7.89. The van der Waals surface area contributed by atoms with Gasteiger partial charge in [-0.3, -0.25) is 9.69 Å². The third-order valence-electron chi connectivity index (χ3n) is 4.40. The maximum absolute atomic E-state index is 12.3. The molecule has 0 radical (unpaired) electrons.